The first-order valence-electron chi connectivity index (χ1n) is 8.52. The van der Waals surface area contributed by atoms with Crippen LogP contribution in [0.15, 0.2) is 36.4 Å². The van der Waals surface area contributed by atoms with Gasteiger partial charge in [0.25, 0.3) is 0 Å². The number of carbonyl (C=O) groups excluding carboxylic acids is 1. The fourth-order valence-electron chi connectivity index (χ4n) is 2.96. The minimum Gasteiger partial charge on any atom is -0.507 e. The summed E-state index contributed by atoms with van der Waals surface area (Å²) in [6, 6.07) is 11.4. The lowest BCUT2D eigenvalue weighted by molar-refractivity contribution is 0.0601. The number of carbonyl (C=O) groups is 1. The number of ether oxygens (including phenoxy) is 1. The summed E-state index contributed by atoms with van der Waals surface area (Å²) in [5, 5.41) is 10.9. The van der Waals surface area contributed by atoms with Gasteiger partial charge in [0.2, 0.25) is 0 Å². The van der Waals surface area contributed by atoms with Crippen molar-refractivity contribution in [3.05, 3.63) is 53.1 Å². The number of benzene rings is 2. The van der Waals surface area contributed by atoms with Crippen molar-refractivity contribution in [1.29, 1.82) is 0 Å². The minimum atomic E-state index is -0.363. The first kappa shape index (κ1) is 19.0. The molecular weight excluding hydrogens is 312 g/mol. The van der Waals surface area contributed by atoms with E-state index in [4.69, 9.17) is 4.74 Å². The molecule has 2 aromatic carbocycles. The van der Waals surface area contributed by atoms with Crippen molar-refractivity contribution in [1.82, 2.24) is 0 Å². The Morgan fingerprint density at radius 2 is 1.40 bits per heavy atom. The summed E-state index contributed by atoms with van der Waals surface area (Å²) in [4.78, 5) is 12.2. The van der Waals surface area contributed by atoms with Crippen LogP contribution < -0.4 is 0 Å². The molecule has 0 bridgehead atoms. The quantitative estimate of drug-likeness (QED) is 0.740. The summed E-state index contributed by atoms with van der Waals surface area (Å²) >= 11 is 0. The van der Waals surface area contributed by atoms with E-state index in [1.54, 1.807) is 6.07 Å². The van der Waals surface area contributed by atoms with Gasteiger partial charge >= 0.3 is 5.97 Å². The summed E-state index contributed by atoms with van der Waals surface area (Å²) in [5.74, 6) is -0.0300. The second kappa shape index (κ2) is 6.55. The maximum absolute atomic E-state index is 12.2. The molecule has 3 nitrogen and oxygen atoms in total. The van der Waals surface area contributed by atoms with E-state index in [0.717, 1.165) is 22.3 Å². The number of hydrogen-bond donors (Lipinski definition) is 1. The highest BCUT2D eigenvalue weighted by molar-refractivity contribution is 5.97. The molecule has 0 fully saturated rings. The number of phenols is 1. The second-order valence-corrected chi connectivity index (χ2v) is 8.46. The lowest BCUT2D eigenvalue weighted by atomic mass is 9.77. The Morgan fingerprint density at radius 3 is 1.84 bits per heavy atom. The van der Waals surface area contributed by atoms with Gasteiger partial charge in [0.05, 0.1) is 12.7 Å². The topological polar surface area (TPSA) is 46.5 Å². The van der Waals surface area contributed by atoms with Gasteiger partial charge in [-0.05, 0) is 40.2 Å². The molecule has 3 heteroatoms. The van der Waals surface area contributed by atoms with Crippen LogP contribution in [-0.2, 0) is 15.6 Å². The Labute approximate surface area is 150 Å². The normalized spacial score (nSPS) is 12.1. The van der Waals surface area contributed by atoms with Crippen molar-refractivity contribution in [2.75, 3.05) is 7.11 Å². The Balaban J connectivity index is 2.82. The van der Waals surface area contributed by atoms with E-state index >= 15 is 0 Å². The number of methoxy groups -OCH3 is 1. The average molecular weight is 340 g/mol. The molecule has 0 aliphatic heterocycles. The van der Waals surface area contributed by atoms with Gasteiger partial charge in [0.1, 0.15) is 5.75 Å². The van der Waals surface area contributed by atoms with E-state index in [1.165, 1.54) is 7.11 Å². The van der Waals surface area contributed by atoms with Gasteiger partial charge in [0.15, 0.2) is 0 Å². The van der Waals surface area contributed by atoms with Crippen LogP contribution in [0.1, 0.15) is 63.0 Å². The molecule has 0 spiro atoms. The molecule has 0 aliphatic rings. The zero-order valence-electron chi connectivity index (χ0n) is 16.2. The van der Waals surface area contributed by atoms with Crippen molar-refractivity contribution in [2.24, 2.45) is 0 Å². The summed E-state index contributed by atoms with van der Waals surface area (Å²) < 4.78 is 4.93. The number of rotatable bonds is 2. The van der Waals surface area contributed by atoms with Crippen LogP contribution in [-0.4, -0.2) is 18.2 Å². The summed E-state index contributed by atoms with van der Waals surface area (Å²) in [6.45, 7) is 12.4. The number of aromatic hydroxyl groups is 1. The first-order chi connectivity index (χ1) is 11.5. The van der Waals surface area contributed by atoms with Crippen LogP contribution in [0.3, 0.4) is 0 Å². The van der Waals surface area contributed by atoms with Gasteiger partial charge < -0.3 is 9.84 Å². The molecule has 1 N–H and O–H groups in total. The standard InChI is InChI=1S/C22H28O3/c1-21(2,3)17-12-14(13-18(19(17)23)22(4,5)6)15-10-8-9-11-16(15)20(24)25-7/h8-13,23H,1-7H3. The molecule has 0 saturated carbocycles. The SMILES string of the molecule is COC(=O)c1ccccc1-c1cc(C(C)(C)C)c(O)c(C(C)(C)C)c1. The number of phenolic OH excluding ortho intramolecular Hbond substituents is 1. The van der Waals surface area contributed by atoms with E-state index in [2.05, 4.69) is 41.5 Å². The molecule has 0 saturated heterocycles. The fraction of sp³-hybridized carbons (Fsp3) is 0.409. The monoisotopic (exact) mass is 340 g/mol. The third-order valence-electron chi connectivity index (χ3n) is 4.37. The summed E-state index contributed by atoms with van der Waals surface area (Å²) in [5.41, 5.74) is 3.54. The van der Waals surface area contributed by atoms with Crippen molar-refractivity contribution in [3.63, 3.8) is 0 Å². The van der Waals surface area contributed by atoms with Crippen molar-refractivity contribution in [2.45, 2.75) is 52.4 Å². The number of hydrogen-bond acceptors (Lipinski definition) is 3. The molecular formula is C22H28O3. The van der Waals surface area contributed by atoms with Crippen LogP contribution in [0.2, 0.25) is 0 Å². The highest BCUT2D eigenvalue weighted by Crippen LogP contribution is 2.42. The van der Waals surface area contributed by atoms with Crippen LogP contribution in [0.5, 0.6) is 5.75 Å². The second-order valence-electron chi connectivity index (χ2n) is 8.46. The van der Waals surface area contributed by atoms with Crippen LogP contribution in [0, 0.1) is 0 Å². The molecule has 0 radical (unpaired) electrons. The maximum Gasteiger partial charge on any atom is 0.338 e. The van der Waals surface area contributed by atoms with Crippen LogP contribution in [0.4, 0.5) is 0 Å². The van der Waals surface area contributed by atoms with Crippen molar-refractivity contribution in [3.8, 4) is 16.9 Å². The molecule has 134 valence electrons. The third-order valence-corrected chi connectivity index (χ3v) is 4.37. The molecule has 2 aromatic rings. The number of esters is 1. The Hall–Kier alpha value is -2.29. The van der Waals surface area contributed by atoms with Gasteiger partial charge in [-0.3, -0.25) is 0 Å². The molecule has 0 unspecified atom stereocenters. The van der Waals surface area contributed by atoms with Gasteiger partial charge in [0, 0.05) is 11.1 Å². The highest BCUT2D eigenvalue weighted by Gasteiger charge is 2.27. The maximum atomic E-state index is 12.2. The van der Waals surface area contributed by atoms with Gasteiger partial charge in [-0.2, -0.15) is 0 Å². The molecule has 25 heavy (non-hydrogen) atoms. The highest BCUT2D eigenvalue weighted by atomic mass is 16.5. The van der Waals surface area contributed by atoms with E-state index < -0.39 is 0 Å². The van der Waals surface area contributed by atoms with Gasteiger partial charge in [-0.15, -0.1) is 0 Å². The van der Waals surface area contributed by atoms with E-state index in [1.807, 2.05) is 30.3 Å². The predicted octanol–water partition coefficient (Wildman–Crippen LogP) is 5.44. The van der Waals surface area contributed by atoms with Crippen molar-refractivity contribution >= 4 is 5.97 Å². The fourth-order valence-corrected chi connectivity index (χ4v) is 2.96. The largest absolute Gasteiger partial charge is 0.507 e. The summed E-state index contributed by atoms with van der Waals surface area (Å²) in [7, 11) is 1.39. The average Bonchev–Trinajstić information content (AvgIpc) is 2.52. The molecule has 2 rings (SSSR count). The molecule has 0 amide bonds. The molecule has 0 aromatic heterocycles. The van der Waals surface area contributed by atoms with E-state index in [9.17, 15) is 9.90 Å². The lowest BCUT2D eigenvalue weighted by Crippen LogP contribution is -2.17. The van der Waals surface area contributed by atoms with Gasteiger partial charge in [-0.25, -0.2) is 4.79 Å². The molecule has 0 aliphatic carbocycles. The van der Waals surface area contributed by atoms with Crippen molar-refractivity contribution < 1.29 is 14.6 Å². The Morgan fingerprint density at radius 1 is 0.920 bits per heavy atom. The Kier molecular flexibility index (Phi) is 4.99. The Bertz CT molecular complexity index is 755. The summed E-state index contributed by atoms with van der Waals surface area (Å²) in [6.07, 6.45) is 0. The van der Waals surface area contributed by atoms with Crippen LogP contribution >= 0.6 is 0 Å². The smallest absolute Gasteiger partial charge is 0.338 e. The van der Waals surface area contributed by atoms with Gasteiger partial charge in [-0.1, -0.05) is 59.7 Å². The predicted molar refractivity (Wildman–Crippen MR) is 102 cm³/mol. The van der Waals surface area contributed by atoms with E-state index in [-0.39, 0.29) is 16.8 Å². The first-order valence-corrected chi connectivity index (χ1v) is 8.52. The lowest BCUT2D eigenvalue weighted by Gasteiger charge is -2.28. The molecule has 0 heterocycles. The van der Waals surface area contributed by atoms with E-state index in [0.29, 0.717) is 11.3 Å². The van der Waals surface area contributed by atoms with Crippen LogP contribution in [0.25, 0.3) is 11.1 Å². The minimum absolute atomic E-state index is 0.222. The third kappa shape index (κ3) is 3.87. The molecule has 0 atom stereocenters. The zero-order valence-corrected chi connectivity index (χ0v) is 16.2. The zero-order chi connectivity index (χ0) is 19.0.